The fourth-order valence-corrected chi connectivity index (χ4v) is 3.62. The maximum Gasteiger partial charge on any atom is 0.274 e. The molecule has 1 aliphatic carbocycles. The summed E-state index contributed by atoms with van der Waals surface area (Å²) in [6.45, 7) is 3.79. The van der Waals surface area contributed by atoms with Crippen LogP contribution in [0.1, 0.15) is 53.5 Å². The van der Waals surface area contributed by atoms with Gasteiger partial charge in [0.2, 0.25) is 0 Å². The molecule has 2 aliphatic rings. The molecule has 0 bridgehead atoms. The topological polar surface area (TPSA) is 71.8 Å². The lowest BCUT2D eigenvalue weighted by molar-refractivity contribution is 0.0925. The smallest absolute Gasteiger partial charge is 0.274 e. The maximum absolute atomic E-state index is 13.5. The van der Waals surface area contributed by atoms with Crippen LogP contribution in [-0.2, 0) is 5.54 Å². The second kappa shape index (κ2) is 6.22. The van der Waals surface area contributed by atoms with Gasteiger partial charge in [-0.3, -0.25) is 4.79 Å². The molecule has 2 N–H and O–H groups in total. The molecule has 0 spiro atoms. The summed E-state index contributed by atoms with van der Waals surface area (Å²) in [6, 6.07) is 6.72. The molecule has 1 aromatic heterocycles. The van der Waals surface area contributed by atoms with E-state index >= 15 is 0 Å². The van der Waals surface area contributed by atoms with E-state index in [-0.39, 0.29) is 17.8 Å². The molecule has 1 saturated heterocycles. The third-order valence-electron chi connectivity index (χ3n) is 5.28. The van der Waals surface area contributed by atoms with Crippen molar-refractivity contribution in [2.24, 2.45) is 0 Å². The number of hydrogen-bond donors (Lipinski definition) is 2. The molecule has 1 amide bonds. The van der Waals surface area contributed by atoms with Crippen molar-refractivity contribution in [2.75, 3.05) is 13.1 Å². The van der Waals surface area contributed by atoms with Crippen molar-refractivity contribution < 1.29 is 9.18 Å². The van der Waals surface area contributed by atoms with Gasteiger partial charge in [-0.05, 0) is 63.4 Å². The van der Waals surface area contributed by atoms with Crippen molar-refractivity contribution in [2.45, 2.75) is 44.2 Å². The minimum atomic E-state index is -0.468. The van der Waals surface area contributed by atoms with E-state index in [1.54, 1.807) is 6.07 Å². The van der Waals surface area contributed by atoms with Crippen LogP contribution in [0.2, 0.25) is 0 Å². The molecule has 2 aromatic rings. The number of rotatable bonds is 4. The Labute approximate surface area is 145 Å². The number of nitrogens with one attached hydrogen (secondary N) is 2. The van der Waals surface area contributed by atoms with Gasteiger partial charge in [0.05, 0.1) is 17.3 Å². The summed E-state index contributed by atoms with van der Waals surface area (Å²) in [4.78, 5) is 12.7. The highest BCUT2D eigenvalue weighted by Crippen LogP contribution is 2.45. The molecule has 2 heterocycles. The highest BCUT2D eigenvalue weighted by atomic mass is 19.1. The summed E-state index contributed by atoms with van der Waals surface area (Å²) >= 11 is 0. The first-order valence-corrected chi connectivity index (χ1v) is 8.80. The molecule has 0 atom stereocenters. The van der Waals surface area contributed by atoms with E-state index in [9.17, 15) is 9.18 Å². The van der Waals surface area contributed by atoms with E-state index in [0.717, 1.165) is 50.0 Å². The first-order chi connectivity index (χ1) is 12.1. The van der Waals surface area contributed by atoms with Gasteiger partial charge in [0.25, 0.3) is 5.91 Å². The first-order valence-electron chi connectivity index (χ1n) is 8.80. The molecular weight excluding hydrogens is 321 g/mol. The number of halogens is 1. The van der Waals surface area contributed by atoms with E-state index < -0.39 is 5.54 Å². The second-order valence-electron chi connectivity index (χ2n) is 7.00. The van der Waals surface area contributed by atoms with E-state index in [4.69, 9.17) is 0 Å². The lowest BCUT2D eigenvalue weighted by Crippen LogP contribution is -2.35. The summed E-state index contributed by atoms with van der Waals surface area (Å²) < 4.78 is 15.4. The third-order valence-corrected chi connectivity index (χ3v) is 5.28. The minimum Gasteiger partial charge on any atom is -0.341 e. The van der Waals surface area contributed by atoms with Gasteiger partial charge in [-0.2, -0.15) is 0 Å². The van der Waals surface area contributed by atoms with Crippen molar-refractivity contribution in [3.05, 3.63) is 47.0 Å². The number of carbonyl (C=O) groups excluding carboxylic acids is 1. The standard InChI is InChI=1S/C18H22FN5O/c1-12-16(22-23-24(12)15-5-9-20-10-6-15)17(25)21-18(7-8-18)13-3-2-4-14(19)11-13/h2-4,11,15,20H,5-10H2,1H3,(H,21,25). The average Bonchev–Trinajstić information content (AvgIpc) is 3.30. The lowest BCUT2D eigenvalue weighted by atomic mass is 10.0. The van der Waals surface area contributed by atoms with Crippen LogP contribution in [0.4, 0.5) is 4.39 Å². The summed E-state index contributed by atoms with van der Waals surface area (Å²) in [5.74, 6) is -0.523. The van der Waals surface area contributed by atoms with Gasteiger partial charge in [-0.25, -0.2) is 9.07 Å². The Kier molecular flexibility index (Phi) is 4.03. The zero-order valence-corrected chi connectivity index (χ0v) is 14.3. The number of piperidine rings is 1. The van der Waals surface area contributed by atoms with E-state index in [2.05, 4.69) is 20.9 Å². The van der Waals surface area contributed by atoms with Gasteiger partial charge >= 0.3 is 0 Å². The number of aromatic nitrogens is 3. The van der Waals surface area contributed by atoms with Crippen molar-refractivity contribution in [3.8, 4) is 0 Å². The summed E-state index contributed by atoms with van der Waals surface area (Å²) in [7, 11) is 0. The molecule has 0 radical (unpaired) electrons. The second-order valence-corrected chi connectivity index (χ2v) is 7.00. The van der Waals surface area contributed by atoms with Gasteiger partial charge in [-0.1, -0.05) is 17.3 Å². The Bertz CT molecular complexity index is 793. The number of nitrogens with zero attached hydrogens (tertiary/aromatic N) is 3. The van der Waals surface area contributed by atoms with Crippen molar-refractivity contribution in [1.82, 2.24) is 25.6 Å². The van der Waals surface area contributed by atoms with Crippen LogP contribution < -0.4 is 10.6 Å². The van der Waals surface area contributed by atoms with Gasteiger partial charge in [0, 0.05) is 0 Å². The molecule has 1 aromatic carbocycles. The van der Waals surface area contributed by atoms with Crippen molar-refractivity contribution >= 4 is 5.91 Å². The predicted octanol–water partition coefficient (Wildman–Crippen LogP) is 2.07. The summed E-state index contributed by atoms with van der Waals surface area (Å²) in [6.07, 6.45) is 3.59. The van der Waals surface area contributed by atoms with Crippen molar-refractivity contribution in [1.29, 1.82) is 0 Å². The molecule has 1 saturated carbocycles. The van der Waals surface area contributed by atoms with Gasteiger partial charge in [0.15, 0.2) is 5.69 Å². The molecule has 2 fully saturated rings. The van der Waals surface area contributed by atoms with Crippen LogP contribution in [0.25, 0.3) is 0 Å². The monoisotopic (exact) mass is 343 g/mol. The molecule has 1 aliphatic heterocycles. The van der Waals surface area contributed by atoms with Gasteiger partial charge in [-0.15, -0.1) is 5.10 Å². The predicted molar refractivity (Wildman–Crippen MR) is 90.7 cm³/mol. The van der Waals surface area contributed by atoms with Gasteiger partial charge < -0.3 is 10.6 Å². The zero-order chi connectivity index (χ0) is 17.4. The molecule has 132 valence electrons. The zero-order valence-electron chi connectivity index (χ0n) is 14.3. The molecule has 0 unspecified atom stereocenters. The first kappa shape index (κ1) is 16.2. The fraction of sp³-hybridized carbons (Fsp3) is 0.500. The van der Waals surface area contributed by atoms with E-state index in [0.29, 0.717) is 5.69 Å². The molecule has 4 rings (SSSR count). The Morgan fingerprint density at radius 2 is 2.12 bits per heavy atom. The summed E-state index contributed by atoms with van der Waals surface area (Å²) in [5, 5.41) is 14.7. The number of hydrogen-bond acceptors (Lipinski definition) is 4. The Morgan fingerprint density at radius 3 is 2.80 bits per heavy atom. The van der Waals surface area contributed by atoms with Gasteiger partial charge in [0.1, 0.15) is 5.82 Å². The number of carbonyl (C=O) groups is 1. The summed E-state index contributed by atoms with van der Waals surface area (Å²) in [5.41, 5.74) is 1.49. The van der Waals surface area contributed by atoms with Crippen LogP contribution in [0.5, 0.6) is 0 Å². The minimum absolute atomic E-state index is 0.237. The molecular formula is C18H22FN5O. The van der Waals surface area contributed by atoms with Crippen LogP contribution in [0.15, 0.2) is 24.3 Å². The van der Waals surface area contributed by atoms with Crippen LogP contribution in [0.3, 0.4) is 0 Å². The maximum atomic E-state index is 13.5. The molecule has 25 heavy (non-hydrogen) atoms. The SMILES string of the molecule is Cc1c(C(=O)NC2(c3cccc(F)c3)CC2)nnn1C1CCNCC1. The quantitative estimate of drug-likeness (QED) is 0.891. The lowest BCUT2D eigenvalue weighted by Gasteiger charge is -2.23. The van der Waals surface area contributed by atoms with E-state index in [1.807, 2.05) is 17.7 Å². The normalized spacial score (nSPS) is 19.6. The number of amides is 1. The molecule has 6 nitrogen and oxygen atoms in total. The Balaban J connectivity index is 1.53. The fourth-order valence-electron chi connectivity index (χ4n) is 3.62. The number of benzene rings is 1. The van der Waals surface area contributed by atoms with Crippen LogP contribution in [0, 0.1) is 12.7 Å². The van der Waals surface area contributed by atoms with Crippen LogP contribution in [-0.4, -0.2) is 34.0 Å². The van der Waals surface area contributed by atoms with Crippen molar-refractivity contribution in [3.63, 3.8) is 0 Å². The molecule has 7 heteroatoms. The Hall–Kier alpha value is -2.28. The van der Waals surface area contributed by atoms with Crippen LogP contribution >= 0.6 is 0 Å². The van der Waals surface area contributed by atoms with E-state index in [1.165, 1.54) is 12.1 Å². The Morgan fingerprint density at radius 1 is 1.36 bits per heavy atom. The highest BCUT2D eigenvalue weighted by Gasteiger charge is 2.46. The highest BCUT2D eigenvalue weighted by molar-refractivity contribution is 5.94. The third kappa shape index (κ3) is 3.04. The average molecular weight is 343 g/mol. The largest absolute Gasteiger partial charge is 0.341 e.